The molecular formula is C14H17N3O. The second-order valence-corrected chi connectivity index (χ2v) is 4.27. The summed E-state index contributed by atoms with van der Waals surface area (Å²) in [5.41, 5.74) is 8.62. The first-order chi connectivity index (χ1) is 8.66. The molecule has 0 amide bonds. The van der Waals surface area contributed by atoms with Crippen LogP contribution in [0, 0.1) is 0 Å². The van der Waals surface area contributed by atoms with Crippen molar-refractivity contribution in [1.29, 1.82) is 0 Å². The Hall–Kier alpha value is -2.23. The van der Waals surface area contributed by atoms with Crippen LogP contribution in [0.25, 0.3) is 0 Å². The largest absolute Gasteiger partial charge is 0.487 e. The predicted molar refractivity (Wildman–Crippen MR) is 73.8 cm³/mol. The Bertz CT molecular complexity index is 512. The SMILES string of the molecule is CN(C)c1ccc(N)c(OCc2cccnc2)c1. The molecule has 0 unspecified atom stereocenters. The monoisotopic (exact) mass is 243 g/mol. The van der Waals surface area contributed by atoms with Crippen molar-refractivity contribution in [1.82, 2.24) is 4.98 Å². The first-order valence-electron chi connectivity index (χ1n) is 5.75. The number of benzene rings is 1. The minimum atomic E-state index is 0.467. The van der Waals surface area contributed by atoms with Gasteiger partial charge in [0, 0.05) is 43.8 Å². The van der Waals surface area contributed by atoms with Crippen LogP contribution in [0.2, 0.25) is 0 Å². The first-order valence-corrected chi connectivity index (χ1v) is 5.75. The Morgan fingerprint density at radius 2 is 2.11 bits per heavy atom. The van der Waals surface area contributed by atoms with Crippen LogP contribution in [-0.2, 0) is 6.61 Å². The van der Waals surface area contributed by atoms with E-state index in [4.69, 9.17) is 10.5 Å². The zero-order valence-electron chi connectivity index (χ0n) is 10.6. The van der Waals surface area contributed by atoms with E-state index in [1.807, 2.05) is 49.3 Å². The number of anilines is 2. The van der Waals surface area contributed by atoms with Gasteiger partial charge in [0.2, 0.25) is 0 Å². The lowest BCUT2D eigenvalue weighted by atomic mass is 10.2. The molecule has 0 spiro atoms. The van der Waals surface area contributed by atoms with Gasteiger partial charge in [-0.1, -0.05) is 6.07 Å². The molecule has 4 nitrogen and oxygen atoms in total. The fourth-order valence-electron chi connectivity index (χ4n) is 1.57. The summed E-state index contributed by atoms with van der Waals surface area (Å²) in [6.45, 7) is 0.467. The van der Waals surface area contributed by atoms with Gasteiger partial charge in [-0.25, -0.2) is 0 Å². The van der Waals surface area contributed by atoms with Crippen LogP contribution < -0.4 is 15.4 Å². The lowest BCUT2D eigenvalue weighted by molar-refractivity contribution is 0.307. The number of ether oxygens (including phenoxy) is 1. The number of nitrogen functional groups attached to an aromatic ring is 1. The minimum absolute atomic E-state index is 0.467. The van der Waals surface area contributed by atoms with Crippen LogP contribution in [0.5, 0.6) is 5.75 Å². The Labute approximate surface area is 107 Å². The third kappa shape index (κ3) is 2.91. The highest BCUT2D eigenvalue weighted by Crippen LogP contribution is 2.27. The Kier molecular flexibility index (Phi) is 3.67. The van der Waals surface area contributed by atoms with Gasteiger partial charge in [-0.3, -0.25) is 4.98 Å². The van der Waals surface area contributed by atoms with E-state index in [9.17, 15) is 0 Å². The molecular weight excluding hydrogens is 226 g/mol. The molecule has 94 valence electrons. The quantitative estimate of drug-likeness (QED) is 0.837. The third-order valence-corrected chi connectivity index (χ3v) is 2.63. The first kappa shape index (κ1) is 12.2. The lowest BCUT2D eigenvalue weighted by Crippen LogP contribution is -2.09. The molecule has 0 fully saturated rings. The van der Waals surface area contributed by atoms with Crippen LogP contribution in [0.4, 0.5) is 11.4 Å². The predicted octanol–water partition coefficient (Wildman–Crippen LogP) is 2.31. The highest BCUT2D eigenvalue weighted by Gasteiger charge is 2.04. The van der Waals surface area contributed by atoms with Gasteiger partial charge in [0.25, 0.3) is 0 Å². The molecule has 1 aromatic carbocycles. The molecule has 1 aromatic heterocycles. The van der Waals surface area contributed by atoms with Crippen molar-refractivity contribution < 1.29 is 4.74 Å². The second kappa shape index (κ2) is 5.40. The molecule has 0 aliphatic heterocycles. The minimum Gasteiger partial charge on any atom is -0.487 e. The van der Waals surface area contributed by atoms with Gasteiger partial charge < -0.3 is 15.4 Å². The normalized spacial score (nSPS) is 10.1. The van der Waals surface area contributed by atoms with Crippen molar-refractivity contribution in [2.45, 2.75) is 6.61 Å². The maximum absolute atomic E-state index is 5.89. The van der Waals surface area contributed by atoms with Gasteiger partial charge in [0.1, 0.15) is 12.4 Å². The maximum Gasteiger partial charge on any atom is 0.144 e. The Morgan fingerprint density at radius 1 is 1.28 bits per heavy atom. The average Bonchev–Trinajstić information content (AvgIpc) is 2.38. The summed E-state index contributed by atoms with van der Waals surface area (Å²) in [4.78, 5) is 6.06. The van der Waals surface area contributed by atoms with Crippen LogP contribution in [0.3, 0.4) is 0 Å². The molecule has 0 aliphatic rings. The van der Waals surface area contributed by atoms with Gasteiger partial charge in [-0.15, -0.1) is 0 Å². The van der Waals surface area contributed by atoms with Crippen LogP contribution in [0.1, 0.15) is 5.56 Å². The topological polar surface area (TPSA) is 51.4 Å². The van der Waals surface area contributed by atoms with E-state index in [0.717, 1.165) is 11.3 Å². The van der Waals surface area contributed by atoms with Crippen LogP contribution >= 0.6 is 0 Å². The molecule has 2 N–H and O–H groups in total. The number of nitrogens with zero attached hydrogens (tertiary/aromatic N) is 2. The fraction of sp³-hybridized carbons (Fsp3) is 0.214. The smallest absolute Gasteiger partial charge is 0.144 e. The van der Waals surface area contributed by atoms with Gasteiger partial charge in [-0.2, -0.15) is 0 Å². The average molecular weight is 243 g/mol. The third-order valence-electron chi connectivity index (χ3n) is 2.63. The van der Waals surface area contributed by atoms with Crippen molar-refractivity contribution in [3.8, 4) is 5.75 Å². The van der Waals surface area contributed by atoms with E-state index in [-0.39, 0.29) is 0 Å². The van der Waals surface area contributed by atoms with Crippen LogP contribution in [0.15, 0.2) is 42.7 Å². The Balaban J connectivity index is 2.11. The summed E-state index contributed by atoms with van der Waals surface area (Å²) in [6, 6.07) is 9.61. The lowest BCUT2D eigenvalue weighted by Gasteiger charge is -2.15. The van der Waals surface area contributed by atoms with E-state index in [0.29, 0.717) is 18.0 Å². The number of rotatable bonds is 4. The van der Waals surface area contributed by atoms with Crippen molar-refractivity contribution in [2.24, 2.45) is 0 Å². The van der Waals surface area contributed by atoms with Crippen molar-refractivity contribution in [2.75, 3.05) is 24.7 Å². The molecule has 2 aromatic rings. The number of hydrogen-bond donors (Lipinski definition) is 1. The van der Waals surface area contributed by atoms with Crippen molar-refractivity contribution in [3.63, 3.8) is 0 Å². The van der Waals surface area contributed by atoms with Gasteiger partial charge in [-0.05, 0) is 18.2 Å². The Morgan fingerprint density at radius 3 is 2.78 bits per heavy atom. The zero-order valence-corrected chi connectivity index (χ0v) is 10.6. The molecule has 0 aliphatic carbocycles. The summed E-state index contributed by atoms with van der Waals surface area (Å²) < 4.78 is 5.72. The van der Waals surface area contributed by atoms with E-state index in [1.165, 1.54) is 0 Å². The standard InChI is InChI=1S/C14H17N3O/c1-17(2)12-5-6-13(15)14(8-12)18-10-11-4-3-7-16-9-11/h3-9H,10,15H2,1-2H3. The molecule has 0 saturated heterocycles. The molecule has 0 atom stereocenters. The highest BCUT2D eigenvalue weighted by atomic mass is 16.5. The summed E-state index contributed by atoms with van der Waals surface area (Å²) in [7, 11) is 3.97. The number of aromatic nitrogens is 1. The molecule has 2 rings (SSSR count). The van der Waals surface area contributed by atoms with E-state index < -0.39 is 0 Å². The van der Waals surface area contributed by atoms with E-state index in [2.05, 4.69) is 4.98 Å². The molecule has 0 saturated carbocycles. The number of hydrogen-bond acceptors (Lipinski definition) is 4. The van der Waals surface area contributed by atoms with Crippen LogP contribution in [-0.4, -0.2) is 19.1 Å². The van der Waals surface area contributed by atoms with Crippen molar-refractivity contribution in [3.05, 3.63) is 48.3 Å². The van der Waals surface area contributed by atoms with E-state index >= 15 is 0 Å². The van der Waals surface area contributed by atoms with Gasteiger partial charge >= 0.3 is 0 Å². The summed E-state index contributed by atoms with van der Waals surface area (Å²) in [5.74, 6) is 0.699. The molecule has 18 heavy (non-hydrogen) atoms. The number of nitrogens with two attached hydrogens (primary N) is 1. The zero-order chi connectivity index (χ0) is 13.0. The summed E-state index contributed by atoms with van der Waals surface area (Å²) in [5, 5.41) is 0. The maximum atomic E-state index is 5.89. The van der Waals surface area contributed by atoms with Gasteiger partial charge in [0.05, 0.1) is 5.69 Å². The van der Waals surface area contributed by atoms with E-state index in [1.54, 1.807) is 12.4 Å². The molecule has 0 bridgehead atoms. The van der Waals surface area contributed by atoms with Crippen molar-refractivity contribution >= 4 is 11.4 Å². The summed E-state index contributed by atoms with van der Waals surface area (Å²) >= 11 is 0. The fourth-order valence-corrected chi connectivity index (χ4v) is 1.57. The van der Waals surface area contributed by atoms with Gasteiger partial charge in [0.15, 0.2) is 0 Å². The molecule has 4 heteroatoms. The highest BCUT2D eigenvalue weighted by molar-refractivity contribution is 5.61. The summed E-state index contributed by atoms with van der Waals surface area (Å²) in [6.07, 6.45) is 3.52. The second-order valence-electron chi connectivity index (χ2n) is 4.27. The molecule has 0 radical (unpaired) electrons. The molecule has 1 heterocycles. The number of pyridine rings is 1.